The maximum absolute atomic E-state index is 13.8. The first-order valence-electron chi connectivity index (χ1n) is 11.2. The van der Waals surface area contributed by atoms with Gasteiger partial charge in [0.1, 0.15) is 5.70 Å². The molecule has 0 N–H and O–H groups in total. The molecule has 2 heterocycles. The van der Waals surface area contributed by atoms with E-state index in [-0.39, 0.29) is 11.8 Å². The number of anilines is 2. The molecular formula is C26H31N3O4. The Morgan fingerprint density at radius 1 is 0.970 bits per heavy atom. The van der Waals surface area contributed by atoms with Crippen LogP contribution in [0.25, 0.3) is 5.57 Å². The van der Waals surface area contributed by atoms with Gasteiger partial charge < -0.3 is 19.3 Å². The van der Waals surface area contributed by atoms with E-state index in [0.717, 1.165) is 31.6 Å². The Bertz CT molecular complexity index is 1110. The highest BCUT2D eigenvalue weighted by Crippen LogP contribution is 2.39. The Hall–Kier alpha value is -3.48. The zero-order chi connectivity index (χ0) is 23.7. The molecule has 0 aliphatic carbocycles. The third kappa shape index (κ3) is 4.15. The predicted molar refractivity (Wildman–Crippen MR) is 130 cm³/mol. The summed E-state index contributed by atoms with van der Waals surface area (Å²) in [5, 5.41) is 0. The summed E-state index contributed by atoms with van der Waals surface area (Å²) in [4.78, 5) is 33.0. The molecule has 2 aliphatic heterocycles. The zero-order valence-corrected chi connectivity index (χ0v) is 19.9. The number of ether oxygens (including phenoxy) is 2. The lowest BCUT2D eigenvalue weighted by Crippen LogP contribution is -2.39. The lowest BCUT2D eigenvalue weighted by atomic mass is 9.97. The Kier molecular flexibility index (Phi) is 6.31. The van der Waals surface area contributed by atoms with Crippen LogP contribution >= 0.6 is 0 Å². The van der Waals surface area contributed by atoms with Gasteiger partial charge in [0, 0.05) is 32.9 Å². The van der Waals surface area contributed by atoms with Gasteiger partial charge in [0.2, 0.25) is 0 Å². The molecule has 174 valence electrons. The number of rotatable bonds is 6. The molecule has 2 amide bonds. The van der Waals surface area contributed by atoms with Crippen molar-refractivity contribution in [3.05, 3.63) is 53.7 Å². The monoisotopic (exact) mass is 449 g/mol. The van der Waals surface area contributed by atoms with E-state index in [2.05, 4.69) is 11.8 Å². The first kappa shape index (κ1) is 22.7. The van der Waals surface area contributed by atoms with E-state index in [4.69, 9.17) is 9.47 Å². The zero-order valence-electron chi connectivity index (χ0n) is 19.9. The summed E-state index contributed by atoms with van der Waals surface area (Å²) in [5.41, 5.74) is 3.00. The molecule has 1 fully saturated rings. The van der Waals surface area contributed by atoms with E-state index >= 15 is 0 Å². The molecule has 2 aliphatic rings. The lowest BCUT2D eigenvalue weighted by molar-refractivity contribution is -0.120. The van der Waals surface area contributed by atoms with Crippen LogP contribution in [-0.4, -0.2) is 58.1 Å². The van der Waals surface area contributed by atoms with Crippen LogP contribution in [0.15, 0.2) is 48.2 Å². The highest BCUT2D eigenvalue weighted by Gasteiger charge is 2.43. The molecular weight excluding hydrogens is 418 g/mol. The van der Waals surface area contributed by atoms with Crippen molar-refractivity contribution in [2.75, 3.05) is 51.2 Å². The SMILES string of the molecule is COc1ccc(C2=C(N3CCCC(C)C3)C(=O)N(c3cccc(N(C)C)c3)C2=O)cc1OC. The molecule has 0 spiro atoms. The molecule has 7 heteroatoms. The summed E-state index contributed by atoms with van der Waals surface area (Å²) in [5.74, 6) is 0.933. The van der Waals surface area contributed by atoms with Crippen molar-refractivity contribution in [2.24, 2.45) is 5.92 Å². The summed E-state index contributed by atoms with van der Waals surface area (Å²) in [6.45, 7) is 3.68. The highest BCUT2D eigenvalue weighted by molar-refractivity contribution is 6.45. The van der Waals surface area contributed by atoms with Gasteiger partial charge in [0.15, 0.2) is 11.5 Å². The van der Waals surface area contributed by atoms with Crippen LogP contribution in [0.1, 0.15) is 25.3 Å². The molecule has 0 saturated carbocycles. The number of methoxy groups -OCH3 is 2. The number of hydrogen-bond acceptors (Lipinski definition) is 6. The molecule has 33 heavy (non-hydrogen) atoms. The largest absolute Gasteiger partial charge is 0.493 e. The fourth-order valence-corrected chi connectivity index (χ4v) is 4.60. The molecule has 2 aromatic carbocycles. The summed E-state index contributed by atoms with van der Waals surface area (Å²) in [6.07, 6.45) is 2.10. The topological polar surface area (TPSA) is 62.3 Å². The molecule has 1 unspecified atom stereocenters. The van der Waals surface area contributed by atoms with E-state index in [1.165, 1.54) is 4.90 Å². The number of imide groups is 1. The van der Waals surface area contributed by atoms with Crippen molar-refractivity contribution in [3.63, 3.8) is 0 Å². The standard InChI is InChI=1S/C26H31N3O4/c1-17-8-7-13-28(16-17)24-23(18-11-12-21(32-4)22(14-18)33-5)25(30)29(26(24)31)20-10-6-9-19(15-20)27(2)3/h6,9-12,14-15,17H,7-8,13,16H2,1-5H3. The highest BCUT2D eigenvalue weighted by atomic mass is 16.5. The summed E-state index contributed by atoms with van der Waals surface area (Å²) in [7, 11) is 6.99. The van der Waals surface area contributed by atoms with Crippen LogP contribution in [0.4, 0.5) is 11.4 Å². The van der Waals surface area contributed by atoms with Crippen LogP contribution in [0, 0.1) is 5.92 Å². The van der Waals surface area contributed by atoms with Gasteiger partial charge in [-0.3, -0.25) is 9.59 Å². The second-order valence-corrected chi connectivity index (χ2v) is 8.85. The molecule has 0 bridgehead atoms. The van der Waals surface area contributed by atoms with E-state index in [1.807, 2.05) is 43.3 Å². The molecule has 2 aromatic rings. The van der Waals surface area contributed by atoms with Crippen molar-refractivity contribution < 1.29 is 19.1 Å². The maximum Gasteiger partial charge on any atom is 0.282 e. The summed E-state index contributed by atoms with van der Waals surface area (Å²) < 4.78 is 10.8. The summed E-state index contributed by atoms with van der Waals surface area (Å²) >= 11 is 0. The number of hydrogen-bond donors (Lipinski definition) is 0. The Labute approximate surface area is 195 Å². The fourth-order valence-electron chi connectivity index (χ4n) is 4.60. The number of benzene rings is 2. The number of nitrogens with zero attached hydrogens (tertiary/aromatic N) is 3. The number of carbonyl (C=O) groups is 2. The second kappa shape index (κ2) is 9.17. The van der Waals surface area contributed by atoms with Gasteiger partial charge >= 0.3 is 0 Å². The first-order valence-corrected chi connectivity index (χ1v) is 11.2. The van der Waals surface area contributed by atoms with Crippen LogP contribution in [0.5, 0.6) is 11.5 Å². The third-order valence-electron chi connectivity index (χ3n) is 6.31. The molecule has 4 rings (SSSR count). The Morgan fingerprint density at radius 2 is 1.73 bits per heavy atom. The molecule has 0 aromatic heterocycles. The number of amides is 2. The van der Waals surface area contributed by atoms with Gasteiger partial charge in [-0.15, -0.1) is 0 Å². The van der Waals surface area contributed by atoms with Crippen LogP contribution < -0.4 is 19.3 Å². The van der Waals surface area contributed by atoms with Gasteiger partial charge in [-0.2, -0.15) is 0 Å². The molecule has 0 radical (unpaired) electrons. The predicted octanol–water partition coefficient (Wildman–Crippen LogP) is 3.79. The smallest absolute Gasteiger partial charge is 0.282 e. The Morgan fingerprint density at radius 3 is 2.39 bits per heavy atom. The van der Waals surface area contributed by atoms with Gasteiger partial charge in [0.05, 0.1) is 25.5 Å². The minimum Gasteiger partial charge on any atom is -0.493 e. The summed E-state index contributed by atoms with van der Waals surface area (Å²) in [6, 6.07) is 12.8. The second-order valence-electron chi connectivity index (χ2n) is 8.85. The van der Waals surface area contributed by atoms with E-state index in [1.54, 1.807) is 32.4 Å². The molecule has 1 atom stereocenters. The van der Waals surface area contributed by atoms with E-state index < -0.39 is 0 Å². The third-order valence-corrected chi connectivity index (χ3v) is 6.31. The van der Waals surface area contributed by atoms with E-state index in [9.17, 15) is 9.59 Å². The minimum absolute atomic E-state index is 0.283. The lowest BCUT2D eigenvalue weighted by Gasteiger charge is -2.33. The van der Waals surface area contributed by atoms with Gasteiger partial charge in [0.25, 0.3) is 11.8 Å². The van der Waals surface area contributed by atoms with Crippen LogP contribution in [-0.2, 0) is 9.59 Å². The van der Waals surface area contributed by atoms with Gasteiger partial charge in [-0.05, 0) is 54.7 Å². The van der Waals surface area contributed by atoms with Gasteiger partial charge in [-0.25, -0.2) is 4.90 Å². The van der Waals surface area contributed by atoms with E-state index in [0.29, 0.717) is 39.9 Å². The Balaban J connectivity index is 1.85. The maximum atomic E-state index is 13.8. The molecule has 1 saturated heterocycles. The number of piperidine rings is 1. The minimum atomic E-state index is -0.323. The van der Waals surface area contributed by atoms with Crippen LogP contribution in [0.3, 0.4) is 0 Å². The molecule has 7 nitrogen and oxygen atoms in total. The average Bonchev–Trinajstić information content (AvgIpc) is 3.08. The van der Waals surface area contributed by atoms with Crippen molar-refractivity contribution in [3.8, 4) is 11.5 Å². The van der Waals surface area contributed by atoms with Crippen molar-refractivity contribution in [1.82, 2.24) is 4.90 Å². The van der Waals surface area contributed by atoms with Crippen molar-refractivity contribution >= 4 is 28.8 Å². The quantitative estimate of drug-likeness (QED) is 0.626. The average molecular weight is 450 g/mol. The number of likely N-dealkylation sites (tertiary alicyclic amines) is 1. The normalized spacial score (nSPS) is 18.8. The number of carbonyl (C=O) groups excluding carboxylic acids is 2. The van der Waals surface area contributed by atoms with Crippen LogP contribution in [0.2, 0.25) is 0 Å². The van der Waals surface area contributed by atoms with Crippen molar-refractivity contribution in [1.29, 1.82) is 0 Å². The fraction of sp³-hybridized carbons (Fsp3) is 0.385. The first-order chi connectivity index (χ1) is 15.8. The van der Waals surface area contributed by atoms with Crippen molar-refractivity contribution in [2.45, 2.75) is 19.8 Å². The van der Waals surface area contributed by atoms with Gasteiger partial charge in [-0.1, -0.05) is 19.1 Å².